The highest BCUT2D eigenvalue weighted by molar-refractivity contribution is 5.74. The van der Waals surface area contributed by atoms with Crippen molar-refractivity contribution in [2.75, 3.05) is 13.2 Å². The van der Waals surface area contributed by atoms with E-state index in [0.29, 0.717) is 25.0 Å². The molecule has 134 valence electrons. The monoisotopic (exact) mass is 332 g/mol. The Labute approximate surface area is 136 Å². The highest BCUT2D eigenvalue weighted by atomic mass is 16.7. The molecule has 0 saturated heterocycles. The van der Waals surface area contributed by atoms with E-state index in [-0.39, 0.29) is 0 Å². The van der Waals surface area contributed by atoms with Crippen molar-refractivity contribution in [2.24, 2.45) is 11.8 Å². The van der Waals surface area contributed by atoms with Crippen LogP contribution in [0.25, 0.3) is 0 Å². The summed E-state index contributed by atoms with van der Waals surface area (Å²) in [5.41, 5.74) is 0. The van der Waals surface area contributed by atoms with Crippen LogP contribution in [0.2, 0.25) is 0 Å². The maximum atomic E-state index is 11.2. The molecule has 0 aromatic heterocycles. The molecule has 1 fully saturated rings. The second-order valence-electron chi connectivity index (χ2n) is 6.21. The minimum absolute atomic E-state index is 0.319. The first-order valence-electron chi connectivity index (χ1n) is 8.14. The number of aliphatic hydroxyl groups is 2. The highest BCUT2D eigenvalue weighted by Crippen LogP contribution is 2.29. The third-order valence-electron chi connectivity index (χ3n) is 3.96. The van der Waals surface area contributed by atoms with Crippen LogP contribution in [-0.2, 0) is 23.8 Å². The lowest BCUT2D eigenvalue weighted by molar-refractivity contribution is -0.185. The smallest absolute Gasteiger partial charge is 0.336 e. The fourth-order valence-corrected chi connectivity index (χ4v) is 2.45. The van der Waals surface area contributed by atoms with E-state index >= 15 is 0 Å². The normalized spacial score (nSPS) is 25.3. The Morgan fingerprint density at radius 1 is 0.913 bits per heavy atom. The molecule has 0 heterocycles. The third-order valence-corrected chi connectivity index (χ3v) is 3.96. The molecule has 7 heteroatoms. The van der Waals surface area contributed by atoms with Crippen molar-refractivity contribution in [1.29, 1.82) is 0 Å². The highest BCUT2D eigenvalue weighted by Gasteiger charge is 2.24. The molecule has 1 rings (SSSR count). The summed E-state index contributed by atoms with van der Waals surface area (Å²) in [6.45, 7) is 5.21. The molecule has 3 unspecified atom stereocenters. The fraction of sp³-hybridized carbons (Fsp3) is 0.875. The number of carbonyl (C=O) groups is 2. The van der Waals surface area contributed by atoms with Crippen molar-refractivity contribution in [3.63, 3.8) is 0 Å². The molecule has 3 atom stereocenters. The Balaban J connectivity index is 2.16. The van der Waals surface area contributed by atoms with Crippen LogP contribution in [0.15, 0.2) is 0 Å². The van der Waals surface area contributed by atoms with E-state index in [1.54, 1.807) is 6.92 Å². The van der Waals surface area contributed by atoms with Gasteiger partial charge in [0.1, 0.15) is 12.2 Å². The van der Waals surface area contributed by atoms with Crippen molar-refractivity contribution in [2.45, 2.75) is 65.0 Å². The summed E-state index contributed by atoms with van der Waals surface area (Å²) >= 11 is 0. The van der Waals surface area contributed by atoms with Crippen molar-refractivity contribution in [3.8, 4) is 0 Å². The zero-order valence-corrected chi connectivity index (χ0v) is 14.1. The van der Waals surface area contributed by atoms with Gasteiger partial charge in [0.05, 0.1) is 13.2 Å². The Bertz CT molecular complexity index is 373. The Kier molecular flexibility index (Phi) is 8.51. The predicted molar refractivity (Wildman–Crippen MR) is 81.3 cm³/mol. The number of rotatable bonds is 8. The fourth-order valence-electron chi connectivity index (χ4n) is 2.45. The van der Waals surface area contributed by atoms with Gasteiger partial charge >= 0.3 is 11.9 Å². The first kappa shape index (κ1) is 19.9. The van der Waals surface area contributed by atoms with E-state index in [9.17, 15) is 9.59 Å². The Morgan fingerprint density at radius 2 is 1.39 bits per heavy atom. The van der Waals surface area contributed by atoms with Crippen LogP contribution in [-0.4, -0.2) is 53.9 Å². The number of hydrogen-bond donors (Lipinski definition) is 2. The van der Waals surface area contributed by atoms with Gasteiger partial charge in [-0.1, -0.05) is 0 Å². The van der Waals surface area contributed by atoms with Crippen molar-refractivity contribution < 1.29 is 34.0 Å². The van der Waals surface area contributed by atoms with Gasteiger partial charge in [0, 0.05) is 0 Å². The molecule has 1 aliphatic carbocycles. The first-order chi connectivity index (χ1) is 10.8. The standard InChI is InChI=1S/C16H28O7/c1-10(17)15(19)22-9-14-6-4-13(5-7-14)8-21-12(3)23-16(20)11(2)18/h10-14,17-18H,4-9H2,1-3H3. The zero-order valence-electron chi connectivity index (χ0n) is 14.1. The minimum Gasteiger partial charge on any atom is -0.463 e. The largest absolute Gasteiger partial charge is 0.463 e. The lowest BCUT2D eigenvalue weighted by Gasteiger charge is -2.29. The third kappa shape index (κ3) is 7.76. The lowest BCUT2D eigenvalue weighted by atomic mass is 9.83. The molecule has 1 aliphatic rings. The number of carbonyl (C=O) groups excluding carboxylic acids is 2. The van der Waals surface area contributed by atoms with Crippen molar-refractivity contribution in [3.05, 3.63) is 0 Å². The molecular weight excluding hydrogens is 304 g/mol. The number of aliphatic hydroxyl groups excluding tert-OH is 2. The average Bonchev–Trinajstić information content (AvgIpc) is 2.51. The second kappa shape index (κ2) is 9.85. The quantitative estimate of drug-likeness (QED) is 0.505. The van der Waals surface area contributed by atoms with Crippen LogP contribution in [0.5, 0.6) is 0 Å². The molecule has 0 spiro atoms. The number of esters is 2. The van der Waals surface area contributed by atoms with Gasteiger partial charge in [0.2, 0.25) is 0 Å². The molecule has 1 saturated carbocycles. The molecule has 0 amide bonds. The topological polar surface area (TPSA) is 102 Å². The number of hydrogen-bond acceptors (Lipinski definition) is 7. The van der Waals surface area contributed by atoms with Gasteiger partial charge in [0.15, 0.2) is 6.29 Å². The van der Waals surface area contributed by atoms with Crippen LogP contribution in [0.1, 0.15) is 46.5 Å². The summed E-state index contributed by atoms with van der Waals surface area (Å²) in [6.07, 6.45) is 0.863. The molecule has 2 N–H and O–H groups in total. The summed E-state index contributed by atoms with van der Waals surface area (Å²) in [7, 11) is 0. The van der Waals surface area contributed by atoms with Crippen molar-refractivity contribution >= 4 is 11.9 Å². The van der Waals surface area contributed by atoms with Crippen LogP contribution >= 0.6 is 0 Å². The summed E-state index contributed by atoms with van der Waals surface area (Å²) in [5, 5.41) is 18.1. The van der Waals surface area contributed by atoms with Gasteiger partial charge < -0.3 is 24.4 Å². The first-order valence-corrected chi connectivity index (χ1v) is 8.14. The van der Waals surface area contributed by atoms with Crippen LogP contribution in [0, 0.1) is 11.8 Å². The van der Waals surface area contributed by atoms with E-state index in [1.165, 1.54) is 13.8 Å². The van der Waals surface area contributed by atoms with Crippen LogP contribution in [0.4, 0.5) is 0 Å². The summed E-state index contributed by atoms with van der Waals surface area (Å²) < 4.78 is 15.5. The molecule has 0 aliphatic heterocycles. The zero-order chi connectivity index (χ0) is 17.4. The minimum atomic E-state index is -1.15. The van der Waals surface area contributed by atoms with E-state index in [2.05, 4.69) is 0 Å². The number of ether oxygens (including phenoxy) is 3. The Hall–Kier alpha value is -1.18. The van der Waals surface area contributed by atoms with Crippen molar-refractivity contribution in [1.82, 2.24) is 0 Å². The van der Waals surface area contributed by atoms with E-state index in [0.717, 1.165) is 25.7 Å². The van der Waals surface area contributed by atoms with Crippen LogP contribution in [0.3, 0.4) is 0 Å². The van der Waals surface area contributed by atoms with Gasteiger partial charge in [-0.2, -0.15) is 0 Å². The van der Waals surface area contributed by atoms with Gasteiger partial charge in [-0.15, -0.1) is 0 Å². The van der Waals surface area contributed by atoms with Crippen LogP contribution < -0.4 is 0 Å². The summed E-state index contributed by atoms with van der Waals surface area (Å²) in [6, 6.07) is 0. The predicted octanol–water partition coefficient (Wildman–Crippen LogP) is 1.00. The molecule has 0 radical (unpaired) electrons. The molecule has 0 aromatic carbocycles. The molecule has 0 bridgehead atoms. The maximum Gasteiger partial charge on any atom is 0.336 e. The molecule has 23 heavy (non-hydrogen) atoms. The van der Waals surface area contributed by atoms with Gasteiger partial charge in [-0.05, 0) is 58.3 Å². The van der Waals surface area contributed by atoms with Gasteiger partial charge in [-0.3, -0.25) is 0 Å². The summed E-state index contributed by atoms with van der Waals surface area (Å²) in [4.78, 5) is 22.4. The van der Waals surface area contributed by atoms with Gasteiger partial charge in [0.25, 0.3) is 0 Å². The summed E-state index contributed by atoms with van der Waals surface area (Å²) in [5.74, 6) is -0.573. The van der Waals surface area contributed by atoms with E-state index in [1.807, 2.05) is 0 Å². The molecule has 0 aromatic rings. The van der Waals surface area contributed by atoms with Gasteiger partial charge in [-0.25, -0.2) is 9.59 Å². The Morgan fingerprint density at radius 3 is 1.87 bits per heavy atom. The molecular formula is C16H28O7. The van der Waals surface area contributed by atoms with E-state index in [4.69, 9.17) is 24.4 Å². The SMILES string of the molecule is CC(OCC1CCC(COC(=O)C(C)O)CC1)OC(=O)C(C)O. The average molecular weight is 332 g/mol. The molecule has 7 nitrogen and oxygen atoms in total. The maximum absolute atomic E-state index is 11.2. The van der Waals surface area contributed by atoms with E-state index < -0.39 is 30.4 Å². The second-order valence-corrected chi connectivity index (χ2v) is 6.21. The lowest BCUT2D eigenvalue weighted by Crippen LogP contribution is -2.29.